The molecule has 1 atom stereocenters. The molecule has 0 saturated carbocycles. The van der Waals surface area contributed by atoms with Gasteiger partial charge in [-0.15, -0.1) is 11.3 Å². The summed E-state index contributed by atoms with van der Waals surface area (Å²) in [5.41, 5.74) is 1.05. The second-order valence-corrected chi connectivity index (χ2v) is 7.44. The minimum Gasteiger partial charge on any atom is -0.383 e. The number of fused-ring (bicyclic) bond motifs is 3. The van der Waals surface area contributed by atoms with E-state index in [1.165, 1.54) is 23.3 Å². The van der Waals surface area contributed by atoms with E-state index in [0.717, 1.165) is 29.5 Å². The number of hydrogen-bond donors (Lipinski definition) is 2. The van der Waals surface area contributed by atoms with E-state index in [1.54, 1.807) is 18.4 Å². The molecule has 6 nitrogen and oxygen atoms in total. The third kappa shape index (κ3) is 3.67. The van der Waals surface area contributed by atoms with Gasteiger partial charge in [0, 0.05) is 18.0 Å². The maximum absolute atomic E-state index is 12.5. The van der Waals surface area contributed by atoms with Gasteiger partial charge >= 0.3 is 0 Å². The molecular weight excluding hydrogens is 326 g/mol. The van der Waals surface area contributed by atoms with Crippen molar-refractivity contribution in [2.75, 3.05) is 13.7 Å². The molecule has 130 valence electrons. The van der Waals surface area contributed by atoms with Crippen LogP contribution in [-0.4, -0.2) is 35.6 Å². The number of carbonyl (C=O) groups excluding carboxylic acids is 1. The topological polar surface area (TPSA) is 84.1 Å². The number of amides is 1. The standard InChI is InChI=1S/C17H23N3O3S/c1-10(9-23-2)18-14(21)8-13-19-16(22)15-11-6-4-3-5-7-12(11)24-17(15)20-13/h10H,3-9H2,1-2H3,(H,18,21)(H,19,20,22)/t10-/m1/s1. The molecule has 0 fully saturated rings. The molecule has 24 heavy (non-hydrogen) atoms. The van der Waals surface area contributed by atoms with E-state index in [1.807, 2.05) is 6.92 Å². The Morgan fingerprint density at radius 1 is 1.38 bits per heavy atom. The molecule has 2 aromatic heterocycles. The fourth-order valence-corrected chi connectivity index (χ4v) is 4.52. The Hall–Kier alpha value is -1.73. The van der Waals surface area contributed by atoms with Gasteiger partial charge in [-0.2, -0.15) is 0 Å². The Bertz CT molecular complexity index is 796. The van der Waals surface area contributed by atoms with Gasteiger partial charge in [-0.3, -0.25) is 9.59 Å². The number of thiophene rings is 1. The van der Waals surface area contributed by atoms with Crippen molar-refractivity contribution in [3.63, 3.8) is 0 Å². The lowest BCUT2D eigenvalue weighted by Gasteiger charge is -2.12. The van der Waals surface area contributed by atoms with Gasteiger partial charge < -0.3 is 15.0 Å². The second-order valence-electron chi connectivity index (χ2n) is 6.36. The highest BCUT2D eigenvalue weighted by Crippen LogP contribution is 2.32. The summed E-state index contributed by atoms with van der Waals surface area (Å²) in [5, 5.41) is 3.56. The Morgan fingerprint density at radius 3 is 2.96 bits per heavy atom. The number of rotatable bonds is 5. The van der Waals surface area contributed by atoms with Crippen molar-refractivity contribution in [3.8, 4) is 0 Å². The lowest BCUT2D eigenvalue weighted by molar-refractivity contribution is -0.121. The van der Waals surface area contributed by atoms with Gasteiger partial charge in [0.15, 0.2) is 0 Å². The molecule has 0 radical (unpaired) electrons. The molecule has 0 aliphatic heterocycles. The molecule has 2 aromatic rings. The number of methoxy groups -OCH3 is 1. The first-order valence-electron chi connectivity index (χ1n) is 8.40. The van der Waals surface area contributed by atoms with Crippen LogP contribution < -0.4 is 10.9 Å². The monoisotopic (exact) mass is 349 g/mol. The van der Waals surface area contributed by atoms with E-state index in [2.05, 4.69) is 15.3 Å². The molecule has 7 heteroatoms. The van der Waals surface area contributed by atoms with Crippen LogP contribution in [0, 0.1) is 0 Å². The quantitative estimate of drug-likeness (QED) is 0.808. The molecule has 0 saturated heterocycles. The predicted molar refractivity (Wildman–Crippen MR) is 94.7 cm³/mol. The summed E-state index contributed by atoms with van der Waals surface area (Å²) >= 11 is 1.61. The summed E-state index contributed by atoms with van der Waals surface area (Å²) in [7, 11) is 1.59. The number of aryl methyl sites for hydroxylation is 2. The molecule has 0 aromatic carbocycles. The van der Waals surface area contributed by atoms with Gasteiger partial charge in [0.05, 0.1) is 18.4 Å². The predicted octanol–water partition coefficient (Wildman–Crippen LogP) is 1.95. The van der Waals surface area contributed by atoms with Gasteiger partial charge in [-0.05, 0) is 38.2 Å². The summed E-state index contributed by atoms with van der Waals surface area (Å²) in [6, 6.07) is -0.0734. The van der Waals surface area contributed by atoms with E-state index < -0.39 is 0 Å². The largest absolute Gasteiger partial charge is 0.383 e. The zero-order chi connectivity index (χ0) is 17.1. The first-order chi connectivity index (χ1) is 11.6. The summed E-state index contributed by atoms with van der Waals surface area (Å²) < 4.78 is 5.00. The third-order valence-corrected chi connectivity index (χ3v) is 5.46. The van der Waals surface area contributed by atoms with Crippen molar-refractivity contribution in [3.05, 3.63) is 26.6 Å². The number of nitrogens with one attached hydrogen (secondary N) is 2. The van der Waals surface area contributed by atoms with Crippen molar-refractivity contribution in [1.29, 1.82) is 0 Å². The van der Waals surface area contributed by atoms with E-state index in [-0.39, 0.29) is 23.9 Å². The van der Waals surface area contributed by atoms with Crippen LogP contribution in [0.5, 0.6) is 0 Å². The summed E-state index contributed by atoms with van der Waals surface area (Å²) in [4.78, 5) is 33.9. The molecule has 2 heterocycles. The molecule has 3 rings (SSSR count). The highest BCUT2D eigenvalue weighted by atomic mass is 32.1. The number of aromatic nitrogens is 2. The summed E-state index contributed by atoms with van der Waals surface area (Å²) in [6.07, 6.45) is 5.56. The number of aromatic amines is 1. The summed E-state index contributed by atoms with van der Waals surface area (Å²) in [5.74, 6) is 0.256. The fourth-order valence-electron chi connectivity index (χ4n) is 3.24. The average molecular weight is 349 g/mol. The Kier molecular flexibility index (Phi) is 5.30. The van der Waals surface area contributed by atoms with Crippen molar-refractivity contribution in [1.82, 2.24) is 15.3 Å². The van der Waals surface area contributed by atoms with Crippen LogP contribution in [0.1, 0.15) is 42.5 Å². The summed E-state index contributed by atoms with van der Waals surface area (Å²) in [6.45, 7) is 2.32. The zero-order valence-corrected chi connectivity index (χ0v) is 14.9. The fraction of sp³-hybridized carbons (Fsp3) is 0.588. The highest BCUT2D eigenvalue weighted by molar-refractivity contribution is 7.18. The number of carbonyl (C=O) groups is 1. The average Bonchev–Trinajstić information content (AvgIpc) is 2.70. The van der Waals surface area contributed by atoms with Gasteiger partial charge in [0.2, 0.25) is 5.91 Å². The minimum absolute atomic E-state index is 0.0712. The minimum atomic E-state index is -0.167. The molecular formula is C17H23N3O3S. The first kappa shape index (κ1) is 17.1. The molecule has 2 N–H and O–H groups in total. The SMILES string of the molecule is COC[C@@H](C)NC(=O)Cc1nc2sc3c(c2c(=O)[nH]1)CCCCC3. The molecule has 1 amide bonds. The van der Waals surface area contributed by atoms with E-state index in [4.69, 9.17) is 4.74 Å². The van der Waals surface area contributed by atoms with Crippen LogP contribution in [0.3, 0.4) is 0 Å². The van der Waals surface area contributed by atoms with Gasteiger partial charge in [0.25, 0.3) is 5.56 Å². The van der Waals surface area contributed by atoms with E-state index in [0.29, 0.717) is 12.4 Å². The lowest BCUT2D eigenvalue weighted by Crippen LogP contribution is -2.37. The number of H-pyrrole nitrogens is 1. The third-order valence-electron chi connectivity index (χ3n) is 4.28. The molecule has 1 aliphatic rings. The molecule has 1 aliphatic carbocycles. The van der Waals surface area contributed by atoms with Crippen LogP contribution in [0.4, 0.5) is 0 Å². The maximum atomic E-state index is 12.5. The van der Waals surface area contributed by atoms with Gasteiger partial charge in [0.1, 0.15) is 10.7 Å². The van der Waals surface area contributed by atoms with Crippen LogP contribution in [0.15, 0.2) is 4.79 Å². The van der Waals surface area contributed by atoms with Crippen molar-refractivity contribution in [2.45, 2.75) is 51.5 Å². The number of nitrogens with zero attached hydrogens (tertiary/aromatic N) is 1. The van der Waals surface area contributed by atoms with Gasteiger partial charge in [-0.25, -0.2) is 4.98 Å². The zero-order valence-electron chi connectivity index (χ0n) is 14.1. The van der Waals surface area contributed by atoms with Crippen molar-refractivity contribution >= 4 is 27.5 Å². The number of ether oxygens (including phenoxy) is 1. The van der Waals surface area contributed by atoms with Crippen molar-refractivity contribution < 1.29 is 9.53 Å². The lowest BCUT2D eigenvalue weighted by atomic mass is 10.1. The second kappa shape index (κ2) is 7.44. The van der Waals surface area contributed by atoms with Crippen LogP contribution in [0.2, 0.25) is 0 Å². The highest BCUT2D eigenvalue weighted by Gasteiger charge is 2.19. The van der Waals surface area contributed by atoms with Crippen LogP contribution in [-0.2, 0) is 28.8 Å². The Labute approximate surface area is 144 Å². The molecule has 0 spiro atoms. The Morgan fingerprint density at radius 2 is 2.17 bits per heavy atom. The van der Waals surface area contributed by atoms with Gasteiger partial charge in [-0.1, -0.05) is 6.42 Å². The van der Waals surface area contributed by atoms with Crippen LogP contribution >= 0.6 is 11.3 Å². The molecule has 0 unspecified atom stereocenters. The normalized spacial score (nSPS) is 15.8. The molecule has 0 bridgehead atoms. The van der Waals surface area contributed by atoms with Crippen molar-refractivity contribution in [2.24, 2.45) is 0 Å². The van der Waals surface area contributed by atoms with Crippen LogP contribution in [0.25, 0.3) is 10.2 Å². The first-order valence-corrected chi connectivity index (χ1v) is 9.22. The maximum Gasteiger partial charge on any atom is 0.259 e. The Balaban J connectivity index is 1.83. The number of hydrogen-bond acceptors (Lipinski definition) is 5. The van der Waals surface area contributed by atoms with E-state index in [9.17, 15) is 9.59 Å². The van der Waals surface area contributed by atoms with E-state index >= 15 is 0 Å². The smallest absolute Gasteiger partial charge is 0.259 e.